The predicted molar refractivity (Wildman–Crippen MR) is 103 cm³/mol. The van der Waals surface area contributed by atoms with Crippen molar-refractivity contribution in [2.45, 2.75) is 52.4 Å². The van der Waals surface area contributed by atoms with E-state index in [-0.39, 0.29) is 0 Å². The molecule has 2 rings (SSSR count). The third kappa shape index (κ3) is 6.33. The number of nitrogens with one attached hydrogen (secondary N) is 1. The van der Waals surface area contributed by atoms with E-state index in [0.717, 1.165) is 58.1 Å². The molecule has 0 aromatic heterocycles. The fourth-order valence-corrected chi connectivity index (χ4v) is 3.17. The second kappa shape index (κ2) is 11.1. The van der Waals surface area contributed by atoms with E-state index in [1.165, 1.54) is 11.1 Å². The average molecular weight is 348 g/mol. The predicted octanol–water partition coefficient (Wildman–Crippen LogP) is 3.19. The van der Waals surface area contributed by atoms with Crippen molar-refractivity contribution in [3.8, 4) is 0 Å². The highest BCUT2D eigenvalue weighted by atomic mass is 16.5. The van der Waals surface area contributed by atoms with E-state index in [4.69, 9.17) is 9.47 Å². The van der Waals surface area contributed by atoms with E-state index < -0.39 is 0 Å². The Labute approximate surface area is 152 Å². The van der Waals surface area contributed by atoms with Gasteiger partial charge in [0.05, 0.1) is 12.7 Å². The van der Waals surface area contributed by atoms with E-state index in [1.807, 2.05) is 7.05 Å². The van der Waals surface area contributed by atoms with E-state index >= 15 is 0 Å². The summed E-state index contributed by atoms with van der Waals surface area (Å²) in [5.41, 5.74) is 2.51. The van der Waals surface area contributed by atoms with Crippen LogP contribution in [0.3, 0.4) is 0 Å². The van der Waals surface area contributed by atoms with Crippen molar-refractivity contribution in [2.75, 3.05) is 33.4 Å². The number of benzene rings is 1. The lowest BCUT2D eigenvalue weighted by Crippen LogP contribution is -2.46. The Bertz CT molecular complexity index is 525. The van der Waals surface area contributed by atoms with Gasteiger partial charge >= 0.3 is 0 Å². The minimum absolute atomic E-state index is 0.399. The van der Waals surface area contributed by atoms with E-state index in [0.29, 0.717) is 12.7 Å². The molecule has 0 radical (unpaired) electrons. The zero-order chi connectivity index (χ0) is 17.9. The molecule has 5 heteroatoms. The molecule has 1 aliphatic rings. The fraction of sp³-hybridized carbons (Fsp3) is 0.650. The molecule has 1 aromatic rings. The van der Waals surface area contributed by atoms with Gasteiger partial charge in [-0.2, -0.15) is 0 Å². The Morgan fingerprint density at radius 3 is 2.56 bits per heavy atom. The normalized spacial score (nSPS) is 16.3. The molecule has 1 heterocycles. The number of nitrogens with zero attached hydrogens (tertiary/aromatic N) is 2. The van der Waals surface area contributed by atoms with Gasteiger partial charge in [-0.1, -0.05) is 31.2 Å². The second-order valence-electron chi connectivity index (χ2n) is 6.36. The second-order valence-corrected chi connectivity index (χ2v) is 6.36. The SMILES string of the molecule is CCCOCc1ccccc1CNC(=NC)N1CCC(OCC)CC1. The molecule has 0 spiro atoms. The quantitative estimate of drug-likeness (QED) is 0.446. The monoisotopic (exact) mass is 347 g/mol. The lowest BCUT2D eigenvalue weighted by Gasteiger charge is -2.34. The first-order valence-corrected chi connectivity index (χ1v) is 9.50. The maximum absolute atomic E-state index is 5.74. The van der Waals surface area contributed by atoms with Gasteiger partial charge in [-0.15, -0.1) is 0 Å². The van der Waals surface area contributed by atoms with Crippen LogP contribution >= 0.6 is 0 Å². The molecular weight excluding hydrogens is 314 g/mol. The number of ether oxygens (including phenoxy) is 2. The molecule has 0 saturated carbocycles. The van der Waals surface area contributed by atoms with E-state index in [1.54, 1.807) is 0 Å². The zero-order valence-electron chi connectivity index (χ0n) is 16.0. The van der Waals surface area contributed by atoms with Crippen molar-refractivity contribution in [3.63, 3.8) is 0 Å². The van der Waals surface area contributed by atoms with Crippen LogP contribution in [0, 0.1) is 0 Å². The van der Waals surface area contributed by atoms with Crippen molar-refractivity contribution >= 4 is 5.96 Å². The minimum Gasteiger partial charge on any atom is -0.378 e. The molecule has 5 nitrogen and oxygen atoms in total. The van der Waals surface area contributed by atoms with E-state index in [9.17, 15) is 0 Å². The minimum atomic E-state index is 0.399. The highest BCUT2D eigenvalue weighted by molar-refractivity contribution is 5.80. The van der Waals surface area contributed by atoms with Crippen molar-refractivity contribution in [2.24, 2.45) is 4.99 Å². The molecular formula is C20H33N3O2. The summed E-state index contributed by atoms with van der Waals surface area (Å²) in [6.07, 6.45) is 3.58. The van der Waals surface area contributed by atoms with Gasteiger partial charge in [0.25, 0.3) is 0 Å². The van der Waals surface area contributed by atoms with Gasteiger partial charge < -0.3 is 19.7 Å². The summed E-state index contributed by atoms with van der Waals surface area (Å²) >= 11 is 0. The number of piperidine rings is 1. The zero-order valence-corrected chi connectivity index (χ0v) is 16.0. The van der Waals surface area contributed by atoms with Crippen LogP contribution in [-0.4, -0.2) is 50.3 Å². The van der Waals surface area contributed by atoms with Crippen LogP contribution in [-0.2, 0) is 22.6 Å². The number of guanidine groups is 1. The topological polar surface area (TPSA) is 46.1 Å². The van der Waals surface area contributed by atoms with Crippen LogP contribution in [0.1, 0.15) is 44.2 Å². The highest BCUT2D eigenvalue weighted by Crippen LogP contribution is 2.15. The summed E-state index contributed by atoms with van der Waals surface area (Å²) in [6, 6.07) is 8.45. The Hall–Kier alpha value is -1.59. The first kappa shape index (κ1) is 19.7. The van der Waals surface area contributed by atoms with Crippen LogP contribution in [0.15, 0.2) is 29.3 Å². The number of rotatable bonds is 8. The average Bonchev–Trinajstić information content (AvgIpc) is 2.65. The standard InChI is InChI=1S/C20H33N3O2/c1-4-14-24-16-18-9-7-6-8-17(18)15-22-20(21-3)23-12-10-19(11-13-23)25-5-2/h6-9,19H,4-5,10-16H2,1-3H3,(H,21,22). The maximum Gasteiger partial charge on any atom is 0.193 e. The van der Waals surface area contributed by atoms with Crippen molar-refractivity contribution in [1.29, 1.82) is 0 Å². The lowest BCUT2D eigenvalue weighted by atomic mass is 10.1. The molecule has 1 aromatic carbocycles. The fourth-order valence-electron chi connectivity index (χ4n) is 3.17. The van der Waals surface area contributed by atoms with Crippen molar-refractivity contribution in [1.82, 2.24) is 10.2 Å². The maximum atomic E-state index is 5.74. The Balaban J connectivity index is 1.87. The molecule has 0 unspecified atom stereocenters. The molecule has 0 aliphatic carbocycles. The first-order chi connectivity index (χ1) is 12.3. The largest absolute Gasteiger partial charge is 0.378 e. The van der Waals surface area contributed by atoms with Gasteiger partial charge in [0.15, 0.2) is 5.96 Å². The van der Waals surface area contributed by atoms with Gasteiger partial charge in [-0.05, 0) is 37.3 Å². The smallest absolute Gasteiger partial charge is 0.193 e. The summed E-state index contributed by atoms with van der Waals surface area (Å²) in [5, 5.41) is 3.51. The Morgan fingerprint density at radius 1 is 1.20 bits per heavy atom. The number of hydrogen-bond acceptors (Lipinski definition) is 3. The van der Waals surface area contributed by atoms with Crippen LogP contribution in [0.25, 0.3) is 0 Å². The summed E-state index contributed by atoms with van der Waals surface area (Å²) < 4.78 is 11.4. The molecule has 1 aliphatic heterocycles. The molecule has 140 valence electrons. The number of aliphatic imine (C=N–C) groups is 1. The van der Waals surface area contributed by atoms with Gasteiger partial charge in [-0.3, -0.25) is 4.99 Å². The van der Waals surface area contributed by atoms with Crippen LogP contribution in [0.4, 0.5) is 0 Å². The lowest BCUT2D eigenvalue weighted by molar-refractivity contribution is 0.0263. The Morgan fingerprint density at radius 2 is 1.92 bits per heavy atom. The summed E-state index contributed by atoms with van der Waals surface area (Å²) in [7, 11) is 1.85. The van der Waals surface area contributed by atoms with Gasteiger partial charge in [0.1, 0.15) is 0 Å². The van der Waals surface area contributed by atoms with Crippen LogP contribution in [0.5, 0.6) is 0 Å². The molecule has 1 N–H and O–H groups in total. The van der Waals surface area contributed by atoms with Crippen LogP contribution < -0.4 is 5.32 Å². The summed E-state index contributed by atoms with van der Waals surface area (Å²) in [6.45, 7) is 9.22. The van der Waals surface area contributed by atoms with Crippen molar-refractivity contribution < 1.29 is 9.47 Å². The Kier molecular flexibility index (Phi) is 8.77. The first-order valence-electron chi connectivity index (χ1n) is 9.50. The summed E-state index contributed by atoms with van der Waals surface area (Å²) in [5.74, 6) is 0.972. The van der Waals surface area contributed by atoms with Crippen molar-refractivity contribution in [3.05, 3.63) is 35.4 Å². The highest BCUT2D eigenvalue weighted by Gasteiger charge is 2.21. The molecule has 0 bridgehead atoms. The molecule has 25 heavy (non-hydrogen) atoms. The van der Waals surface area contributed by atoms with Crippen LogP contribution in [0.2, 0.25) is 0 Å². The molecule has 1 saturated heterocycles. The number of likely N-dealkylation sites (tertiary alicyclic amines) is 1. The third-order valence-corrected chi connectivity index (χ3v) is 4.52. The van der Waals surface area contributed by atoms with E-state index in [2.05, 4.69) is 53.3 Å². The molecule has 0 atom stereocenters. The number of hydrogen-bond donors (Lipinski definition) is 1. The van der Waals surface area contributed by atoms with Gasteiger partial charge in [0, 0.05) is 39.9 Å². The molecule has 1 fully saturated rings. The summed E-state index contributed by atoms with van der Waals surface area (Å²) in [4.78, 5) is 6.79. The third-order valence-electron chi connectivity index (χ3n) is 4.52. The molecule has 0 amide bonds. The van der Waals surface area contributed by atoms with Gasteiger partial charge in [0.2, 0.25) is 0 Å². The van der Waals surface area contributed by atoms with Gasteiger partial charge in [-0.25, -0.2) is 0 Å².